The largest absolute Gasteiger partial charge is 0.462 e. The van der Waals surface area contributed by atoms with Crippen LogP contribution in [0.3, 0.4) is 0 Å². The molecule has 0 heterocycles. The van der Waals surface area contributed by atoms with Crippen LogP contribution in [0.5, 0.6) is 0 Å². The number of carbonyl (C=O) groups excluding carboxylic acids is 1. The zero-order chi connectivity index (χ0) is 13.7. The van der Waals surface area contributed by atoms with Gasteiger partial charge in [0.1, 0.15) is 5.02 Å². The third-order valence-electron chi connectivity index (χ3n) is 2.17. The molecule has 1 aromatic carbocycles. The number of halogens is 2. The normalized spacial score (nSPS) is 10.2. The Kier molecular flexibility index (Phi) is 5.37. The van der Waals surface area contributed by atoms with Gasteiger partial charge in [-0.2, -0.15) is 0 Å². The molecule has 0 bridgehead atoms. The SMILES string of the molecule is CCCCOC(=O)c1cc(Cl)c(Cl)c([N+](=O)[O-])c1. The molecule has 0 saturated heterocycles. The highest BCUT2D eigenvalue weighted by atomic mass is 35.5. The highest BCUT2D eigenvalue weighted by molar-refractivity contribution is 6.43. The van der Waals surface area contributed by atoms with Crippen LogP contribution < -0.4 is 0 Å². The Bertz CT molecular complexity index is 476. The molecule has 0 N–H and O–H groups in total. The number of carbonyl (C=O) groups is 1. The fourth-order valence-corrected chi connectivity index (χ4v) is 1.61. The summed E-state index contributed by atoms with van der Waals surface area (Å²) >= 11 is 11.4. The molecule has 0 atom stereocenters. The summed E-state index contributed by atoms with van der Waals surface area (Å²) in [6.07, 6.45) is 1.62. The quantitative estimate of drug-likeness (QED) is 0.357. The van der Waals surface area contributed by atoms with Crippen LogP contribution in [-0.2, 0) is 4.74 Å². The lowest BCUT2D eigenvalue weighted by Gasteiger charge is -2.05. The summed E-state index contributed by atoms with van der Waals surface area (Å²) in [5, 5.41) is 10.5. The molecule has 0 spiro atoms. The van der Waals surface area contributed by atoms with Crippen molar-refractivity contribution < 1.29 is 14.5 Å². The Morgan fingerprint density at radius 3 is 2.67 bits per heavy atom. The number of unbranched alkanes of at least 4 members (excludes halogenated alkanes) is 1. The Morgan fingerprint density at radius 2 is 2.11 bits per heavy atom. The number of nitrogens with zero attached hydrogens (tertiary/aromatic N) is 1. The minimum Gasteiger partial charge on any atom is -0.462 e. The molecule has 0 unspecified atom stereocenters. The van der Waals surface area contributed by atoms with Gasteiger partial charge in [0.25, 0.3) is 5.69 Å². The third kappa shape index (κ3) is 3.58. The molecular formula is C11H11Cl2NO4. The van der Waals surface area contributed by atoms with Crippen LogP contribution in [0.25, 0.3) is 0 Å². The predicted octanol–water partition coefficient (Wildman–Crippen LogP) is 3.86. The van der Waals surface area contributed by atoms with Gasteiger partial charge in [-0.1, -0.05) is 36.5 Å². The zero-order valence-electron chi connectivity index (χ0n) is 9.61. The number of nitro benzene ring substituents is 1. The predicted molar refractivity (Wildman–Crippen MR) is 68.3 cm³/mol. The summed E-state index contributed by atoms with van der Waals surface area (Å²) in [6.45, 7) is 2.22. The molecule has 5 nitrogen and oxygen atoms in total. The van der Waals surface area contributed by atoms with E-state index in [2.05, 4.69) is 0 Å². The zero-order valence-corrected chi connectivity index (χ0v) is 11.1. The monoisotopic (exact) mass is 291 g/mol. The summed E-state index contributed by atoms with van der Waals surface area (Å²) in [7, 11) is 0. The summed E-state index contributed by atoms with van der Waals surface area (Å²) in [4.78, 5) is 21.6. The van der Waals surface area contributed by atoms with E-state index in [-0.39, 0.29) is 22.2 Å². The highest BCUT2D eigenvalue weighted by Crippen LogP contribution is 2.33. The molecule has 0 aliphatic heterocycles. The number of esters is 1. The molecule has 0 aliphatic rings. The van der Waals surface area contributed by atoms with Gasteiger partial charge in [-0.05, 0) is 12.5 Å². The van der Waals surface area contributed by atoms with Gasteiger partial charge in [-0.15, -0.1) is 0 Å². The average molecular weight is 292 g/mol. The van der Waals surface area contributed by atoms with Gasteiger partial charge in [0.2, 0.25) is 0 Å². The first-order valence-corrected chi connectivity index (χ1v) is 6.03. The van der Waals surface area contributed by atoms with Crippen LogP contribution in [0.15, 0.2) is 12.1 Å². The lowest BCUT2D eigenvalue weighted by atomic mass is 10.2. The van der Waals surface area contributed by atoms with Crippen LogP contribution in [0, 0.1) is 10.1 Å². The first kappa shape index (κ1) is 14.7. The maximum Gasteiger partial charge on any atom is 0.338 e. The standard InChI is InChI=1S/C11H11Cl2NO4/c1-2-3-4-18-11(15)7-5-8(12)10(13)9(6-7)14(16)17/h5-6H,2-4H2,1H3. The fraction of sp³-hybridized carbons (Fsp3) is 0.364. The van der Waals surface area contributed by atoms with Gasteiger partial charge in [-0.25, -0.2) is 4.79 Å². The first-order chi connectivity index (χ1) is 8.47. The maximum atomic E-state index is 11.6. The van der Waals surface area contributed by atoms with Crippen molar-refractivity contribution in [1.29, 1.82) is 0 Å². The smallest absolute Gasteiger partial charge is 0.338 e. The fourth-order valence-electron chi connectivity index (χ4n) is 1.22. The molecule has 0 aliphatic carbocycles. The van der Waals surface area contributed by atoms with Gasteiger partial charge < -0.3 is 4.74 Å². The van der Waals surface area contributed by atoms with E-state index >= 15 is 0 Å². The van der Waals surface area contributed by atoms with E-state index in [1.807, 2.05) is 6.92 Å². The molecule has 1 aromatic rings. The van der Waals surface area contributed by atoms with Crippen LogP contribution in [-0.4, -0.2) is 17.5 Å². The minimum atomic E-state index is -0.697. The minimum absolute atomic E-state index is 0.0206. The van der Waals surface area contributed by atoms with E-state index in [9.17, 15) is 14.9 Å². The van der Waals surface area contributed by atoms with E-state index in [4.69, 9.17) is 27.9 Å². The number of hydrogen-bond donors (Lipinski definition) is 0. The van der Waals surface area contributed by atoms with Crippen molar-refractivity contribution in [3.05, 3.63) is 37.9 Å². The number of benzene rings is 1. The Labute approximate surface area is 114 Å². The van der Waals surface area contributed by atoms with Crippen LogP contribution in [0.1, 0.15) is 30.1 Å². The molecule has 1 rings (SSSR count). The molecule has 0 saturated carbocycles. The number of hydrogen-bond acceptors (Lipinski definition) is 4. The molecule has 98 valence electrons. The molecule has 0 fully saturated rings. The number of ether oxygens (including phenoxy) is 1. The van der Waals surface area contributed by atoms with E-state index in [0.29, 0.717) is 0 Å². The molecule has 0 amide bonds. The molecule has 0 aromatic heterocycles. The van der Waals surface area contributed by atoms with Crippen LogP contribution >= 0.6 is 23.2 Å². The molecular weight excluding hydrogens is 281 g/mol. The Balaban J connectivity index is 2.96. The van der Waals surface area contributed by atoms with Crippen molar-refractivity contribution in [2.75, 3.05) is 6.61 Å². The second-order valence-electron chi connectivity index (χ2n) is 3.54. The molecule has 0 radical (unpaired) electrons. The lowest BCUT2D eigenvalue weighted by Crippen LogP contribution is -2.07. The van der Waals surface area contributed by atoms with Crippen molar-refractivity contribution in [2.24, 2.45) is 0 Å². The van der Waals surface area contributed by atoms with Crippen LogP contribution in [0.2, 0.25) is 10.0 Å². The van der Waals surface area contributed by atoms with Gasteiger partial charge in [0.15, 0.2) is 0 Å². The van der Waals surface area contributed by atoms with E-state index in [1.165, 1.54) is 6.07 Å². The number of rotatable bonds is 5. The average Bonchev–Trinajstić information content (AvgIpc) is 2.32. The van der Waals surface area contributed by atoms with Gasteiger partial charge in [-0.3, -0.25) is 10.1 Å². The van der Waals surface area contributed by atoms with Gasteiger partial charge in [0, 0.05) is 6.07 Å². The van der Waals surface area contributed by atoms with Gasteiger partial charge in [0.05, 0.1) is 22.1 Å². The second kappa shape index (κ2) is 6.56. The van der Waals surface area contributed by atoms with Gasteiger partial charge >= 0.3 is 5.97 Å². The summed E-state index contributed by atoms with van der Waals surface area (Å²) in [5.74, 6) is -0.648. The van der Waals surface area contributed by atoms with E-state index in [0.717, 1.165) is 18.9 Å². The third-order valence-corrected chi connectivity index (χ3v) is 2.96. The van der Waals surface area contributed by atoms with E-state index < -0.39 is 16.6 Å². The van der Waals surface area contributed by atoms with Crippen molar-refractivity contribution in [2.45, 2.75) is 19.8 Å². The second-order valence-corrected chi connectivity index (χ2v) is 4.32. The molecule has 18 heavy (non-hydrogen) atoms. The Morgan fingerprint density at radius 1 is 1.44 bits per heavy atom. The lowest BCUT2D eigenvalue weighted by molar-refractivity contribution is -0.384. The molecule has 7 heteroatoms. The Hall–Kier alpha value is -1.33. The highest BCUT2D eigenvalue weighted by Gasteiger charge is 2.20. The van der Waals surface area contributed by atoms with Crippen molar-refractivity contribution in [3.63, 3.8) is 0 Å². The van der Waals surface area contributed by atoms with Crippen molar-refractivity contribution in [1.82, 2.24) is 0 Å². The van der Waals surface area contributed by atoms with Crippen LogP contribution in [0.4, 0.5) is 5.69 Å². The summed E-state index contributed by atoms with van der Waals surface area (Å²) in [5.41, 5.74) is -0.390. The first-order valence-electron chi connectivity index (χ1n) is 5.28. The van der Waals surface area contributed by atoms with E-state index in [1.54, 1.807) is 0 Å². The topological polar surface area (TPSA) is 69.4 Å². The van der Waals surface area contributed by atoms with Crippen molar-refractivity contribution in [3.8, 4) is 0 Å². The maximum absolute atomic E-state index is 11.6. The summed E-state index contributed by atoms with van der Waals surface area (Å²) in [6, 6.07) is 2.31. The summed E-state index contributed by atoms with van der Waals surface area (Å²) < 4.78 is 4.93. The van der Waals surface area contributed by atoms with Crippen molar-refractivity contribution >= 4 is 34.9 Å². The number of nitro groups is 1.